The summed E-state index contributed by atoms with van der Waals surface area (Å²) in [5.74, 6) is -0.413. The number of aromatic hydroxyl groups is 2. The number of nitrogens with zero attached hydrogens (tertiary/aromatic N) is 1. The second kappa shape index (κ2) is 7.45. The average molecular weight is 281 g/mol. The number of hydrogen-bond donors (Lipinski definition) is 2. The Morgan fingerprint density at radius 2 is 1.45 bits per heavy atom. The fourth-order valence-corrected chi connectivity index (χ4v) is 1.46. The Hall–Kier alpha value is -2.14. The summed E-state index contributed by atoms with van der Waals surface area (Å²) in [6.45, 7) is 0.545. The van der Waals surface area contributed by atoms with E-state index >= 15 is 0 Å². The maximum Gasteiger partial charge on any atom is 0.123 e. The molecular formula is C15H17F2NO2. The first-order valence-electron chi connectivity index (χ1n) is 5.95. The van der Waals surface area contributed by atoms with E-state index in [1.165, 1.54) is 42.5 Å². The number of phenols is 2. The summed E-state index contributed by atoms with van der Waals surface area (Å²) < 4.78 is 24.6. The van der Waals surface area contributed by atoms with Crippen LogP contribution in [-0.4, -0.2) is 29.2 Å². The van der Waals surface area contributed by atoms with E-state index in [-0.39, 0.29) is 23.1 Å². The van der Waals surface area contributed by atoms with E-state index in [4.69, 9.17) is 5.11 Å². The molecular weight excluding hydrogens is 264 g/mol. The molecule has 0 saturated heterocycles. The molecule has 0 fully saturated rings. The molecule has 0 amide bonds. The summed E-state index contributed by atoms with van der Waals surface area (Å²) >= 11 is 0. The molecule has 2 rings (SSSR count). The maximum absolute atomic E-state index is 12.7. The van der Waals surface area contributed by atoms with Crippen molar-refractivity contribution in [3.05, 3.63) is 59.7 Å². The predicted octanol–water partition coefficient (Wildman–Crippen LogP) is 3.12. The van der Waals surface area contributed by atoms with Crippen molar-refractivity contribution in [3.8, 4) is 11.5 Å². The van der Waals surface area contributed by atoms with Crippen LogP contribution in [0.5, 0.6) is 11.5 Å². The number of phenolic OH excluding ortho intramolecular Hbond substituents is 2. The largest absolute Gasteiger partial charge is 0.508 e. The lowest BCUT2D eigenvalue weighted by molar-refractivity contribution is 0.384. The Morgan fingerprint density at radius 1 is 0.900 bits per heavy atom. The van der Waals surface area contributed by atoms with Gasteiger partial charge in [-0.3, -0.25) is 0 Å². The fraction of sp³-hybridized carbons (Fsp3) is 0.200. The van der Waals surface area contributed by atoms with Crippen molar-refractivity contribution in [2.24, 2.45) is 0 Å². The van der Waals surface area contributed by atoms with Gasteiger partial charge in [-0.15, -0.1) is 0 Å². The first-order chi connectivity index (χ1) is 9.38. The molecule has 0 aliphatic rings. The van der Waals surface area contributed by atoms with Gasteiger partial charge in [0.1, 0.15) is 23.1 Å². The summed E-state index contributed by atoms with van der Waals surface area (Å²) in [7, 11) is 3.73. The molecule has 0 bridgehead atoms. The van der Waals surface area contributed by atoms with Gasteiger partial charge in [-0.2, -0.15) is 0 Å². The molecule has 0 spiro atoms. The molecule has 0 heterocycles. The highest BCUT2D eigenvalue weighted by atomic mass is 19.1. The third-order valence-corrected chi connectivity index (χ3v) is 2.35. The monoisotopic (exact) mass is 281 g/mol. The molecule has 20 heavy (non-hydrogen) atoms. The van der Waals surface area contributed by atoms with E-state index in [9.17, 15) is 13.9 Å². The van der Waals surface area contributed by atoms with Crippen LogP contribution in [0.4, 0.5) is 8.78 Å². The average Bonchev–Trinajstić information content (AvgIpc) is 2.38. The van der Waals surface area contributed by atoms with Gasteiger partial charge >= 0.3 is 0 Å². The van der Waals surface area contributed by atoms with E-state index in [1.807, 2.05) is 19.0 Å². The summed E-state index contributed by atoms with van der Waals surface area (Å²) in [5, 5.41) is 17.9. The lowest BCUT2D eigenvalue weighted by Gasteiger charge is -2.10. The Kier molecular flexibility index (Phi) is 5.93. The summed E-state index contributed by atoms with van der Waals surface area (Å²) in [5.41, 5.74) is 0.611. The van der Waals surface area contributed by atoms with E-state index < -0.39 is 0 Å². The van der Waals surface area contributed by atoms with Crippen LogP contribution in [0, 0.1) is 11.6 Å². The van der Waals surface area contributed by atoms with E-state index in [0.29, 0.717) is 12.1 Å². The first-order valence-corrected chi connectivity index (χ1v) is 5.95. The van der Waals surface area contributed by atoms with Gasteiger partial charge < -0.3 is 15.1 Å². The van der Waals surface area contributed by atoms with Crippen LogP contribution in [0.15, 0.2) is 42.5 Å². The lowest BCUT2D eigenvalue weighted by Crippen LogP contribution is -2.10. The SMILES string of the molecule is CN(C)Cc1cc(F)ccc1O.Oc1ccc(F)cc1. The minimum atomic E-state index is -0.331. The molecule has 2 N–H and O–H groups in total. The van der Waals surface area contributed by atoms with Gasteiger partial charge in [0.05, 0.1) is 0 Å². The molecule has 108 valence electrons. The zero-order valence-corrected chi connectivity index (χ0v) is 11.3. The van der Waals surface area contributed by atoms with Gasteiger partial charge in [-0.05, 0) is 56.6 Å². The first kappa shape index (κ1) is 15.9. The summed E-state index contributed by atoms with van der Waals surface area (Å²) in [6, 6.07) is 8.97. The highest BCUT2D eigenvalue weighted by molar-refractivity contribution is 5.32. The van der Waals surface area contributed by atoms with Crippen molar-refractivity contribution in [1.82, 2.24) is 4.90 Å². The van der Waals surface area contributed by atoms with Crippen LogP contribution in [0.3, 0.4) is 0 Å². The Morgan fingerprint density at radius 3 is 1.95 bits per heavy atom. The van der Waals surface area contributed by atoms with Crippen LogP contribution in [0.2, 0.25) is 0 Å². The highest BCUT2D eigenvalue weighted by Crippen LogP contribution is 2.18. The summed E-state index contributed by atoms with van der Waals surface area (Å²) in [4.78, 5) is 1.87. The highest BCUT2D eigenvalue weighted by Gasteiger charge is 2.03. The van der Waals surface area contributed by atoms with Gasteiger partial charge in [0.15, 0.2) is 0 Å². The smallest absolute Gasteiger partial charge is 0.123 e. The standard InChI is InChI=1S/C9H12FNO.C6H5FO/c1-11(2)6-7-5-8(10)3-4-9(7)12;7-5-1-3-6(8)4-2-5/h3-5,12H,6H2,1-2H3;1-4,8H. The Bertz CT molecular complexity index is 521. The van der Waals surface area contributed by atoms with Crippen molar-refractivity contribution >= 4 is 0 Å². The summed E-state index contributed by atoms with van der Waals surface area (Å²) in [6.07, 6.45) is 0. The molecule has 2 aromatic carbocycles. The van der Waals surface area contributed by atoms with Crippen LogP contribution >= 0.6 is 0 Å². The molecule has 0 aliphatic carbocycles. The molecule has 0 saturated carbocycles. The molecule has 0 radical (unpaired) electrons. The number of hydrogen-bond acceptors (Lipinski definition) is 3. The molecule has 0 aromatic heterocycles. The quantitative estimate of drug-likeness (QED) is 0.889. The van der Waals surface area contributed by atoms with Gasteiger partial charge in [0, 0.05) is 12.1 Å². The van der Waals surface area contributed by atoms with Gasteiger partial charge in [0.2, 0.25) is 0 Å². The zero-order valence-electron chi connectivity index (χ0n) is 11.3. The van der Waals surface area contributed by atoms with Crippen molar-refractivity contribution in [1.29, 1.82) is 0 Å². The van der Waals surface area contributed by atoms with Gasteiger partial charge in [-0.25, -0.2) is 8.78 Å². The van der Waals surface area contributed by atoms with Crippen LogP contribution < -0.4 is 0 Å². The molecule has 5 heteroatoms. The predicted molar refractivity (Wildman–Crippen MR) is 73.5 cm³/mol. The van der Waals surface area contributed by atoms with E-state index in [1.54, 1.807) is 0 Å². The van der Waals surface area contributed by atoms with Gasteiger partial charge in [-0.1, -0.05) is 0 Å². The molecule has 3 nitrogen and oxygen atoms in total. The fourth-order valence-electron chi connectivity index (χ4n) is 1.46. The molecule has 0 unspecified atom stereocenters. The molecule has 0 atom stereocenters. The zero-order chi connectivity index (χ0) is 15.1. The Labute approximate surface area is 116 Å². The van der Waals surface area contributed by atoms with E-state index in [2.05, 4.69) is 0 Å². The van der Waals surface area contributed by atoms with E-state index in [0.717, 1.165) is 0 Å². The number of rotatable bonds is 2. The van der Waals surface area contributed by atoms with Crippen molar-refractivity contribution in [2.45, 2.75) is 6.54 Å². The number of halogens is 2. The van der Waals surface area contributed by atoms with Gasteiger partial charge in [0.25, 0.3) is 0 Å². The topological polar surface area (TPSA) is 43.7 Å². The second-order valence-corrected chi connectivity index (χ2v) is 4.49. The van der Waals surface area contributed by atoms with Crippen molar-refractivity contribution < 1.29 is 19.0 Å². The normalized spacial score (nSPS) is 10.1. The third-order valence-electron chi connectivity index (χ3n) is 2.35. The van der Waals surface area contributed by atoms with Crippen LogP contribution in [0.1, 0.15) is 5.56 Å². The number of benzene rings is 2. The molecule has 0 aliphatic heterocycles. The second-order valence-electron chi connectivity index (χ2n) is 4.49. The van der Waals surface area contributed by atoms with Crippen molar-refractivity contribution in [3.63, 3.8) is 0 Å². The van der Waals surface area contributed by atoms with Crippen molar-refractivity contribution in [2.75, 3.05) is 14.1 Å². The maximum atomic E-state index is 12.7. The lowest BCUT2D eigenvalue weighted by atomic mass is 10.2. The third kappa shape index (κ3) is 5.67. The molecule has 2 aromatic rings. The van der Waals surface area contributed by atoms with Crippen LogP contribution in [0.25, 0.3) is 0 Å². The Balaban J connectivity index is 0.000000217. The van der Waals surface area contributed by atoms with Crippen LogP contribution in [-0.2, 0) is 6.54 Å². The minimum absolute atomic E-state index is 0.0893. The minimum Gasteiger partial charge on any atom is -0.508 e.